The van der Waals surface area contributed by atoms with Crippen LogP contribution in [0.2, 0.25) is 0 Å². The number of hydrogen-bond acceptors (Lipinski definition) is 8. The summed E-state index contributed by atoms with van der Waals surface area (Å²) in [6.45, 7) is 1.19. The predicted molar refractivity (Wildman–Crippen MR) is 38.8 cm³/mol. The fourth-order valence-electron chi connectivity index (χ4n) is 0. The molecule has 0 unspecified atom stereocenters. The minimum atomic E-state index is -1.75. The van der Waals surface area contributed by atoms with Crippen molar-refractivity contribution in [3.8, 4) is 0 Å². The quantitative estimate of drug-likeness (QED) is 0.407. The van der Waals surface area contributed by atoms with Crippen LogP contribution in [-0.4, -0.2) is 23.3 Å². The molecule has 0 aliphatic heterocycles. The minimum Gasteiger partial charge on any atom is -0.356 e. The van der Waals surface area contributed by atoms with Crippen molar-refractivity contribution in [2.45, 2.75) is 0 Å². The Hall–Kier alpha value is -1.17. The van der Waals surface area contributed by atoms with E-state index in [1.807, 2.05) is 0 Å². The van der Waals surface area contributed by atoms with Crippen LogP contribution >= 0.6 is 0 Å². The molecule has 0 atom stereocenters. The second-order valence-electron chi connectivity index (χ2n) is 1.02. The Morgan fingerprint density at radius 1 is 0.846 bits per heavy atom. The van der Waals surface area contributed by atoms with Gasteiger partial charge in [0.1, 0.15) is 0 Å². The second-order valence-corrected chi connectivity index (χ2v) is 1.02. The van der Waals surface area contributed by atoms with Gasteiger partial charge in [0, 0.05) is 13.1 Å². The molecule has 10 nitrogen and oxygen atoms in total. The molecule has 11 heteroatoms. The first-order chi connectivity index (χ1) is 5.38. The molecule has 0 fully saturated rings. The van der Waals surface area contributed by atoms with Gasteiger partial charge < -0.3 is 42.1 Å². The molecule has 0 rings (SSSR count). The number of nitrogens with two attached hydrogens (primary N) is 2. The van der Waals surface area contributed by atoms with Crippen molar-refractivity contribution in [2.24, 2.45) is 11.5 Å². The molecule has 0 aliphatic carbocycles. The zero-order valence-electron chi connectivity index (χ0n) is 6.25. The normalized spacial score (nSPS) is 6.00. The molecule has 0 aromatic heterocycles. The molecule has 0 amide bonds. The van der Waals surface area contributed by atoms with E-state index in [9.17, 15) is 0 Å². The molecule has 0 aromatic rings. The average Bonchev–Trinajstić information content (AvgIpc) is 1.85. The van der Waals surface area contributed by atoms with Crippen LogP contribution in [0, 0.1) is 30.6 Å². The van der Waals surface area contributed by atoms with Crippen LogP contribution in [0.4, 0.5) is 0 Å². The van der Waals surface area contributed by atoms with Gasteiger partial charge in [0.25, 0.3) is 0 Å². The van der Waals surface area contributed by atoms with Crippen LogP contribution in [0.15, 0.2) is 0 Å². The Labute approximate surface area is 82.9 Å². The van der Waals surface area contributed by atoms with Crippen LogP contribution in [0.25, 0.3) is 0 Å². The van der Waals surface area contributed by atoms with Crippen molar-refractivity contribution >= 4 is 0 Å². The van der Waals surface area contributed by atoms with Crippen molar-refractivity contribution in [2.75, 3.05) is 13.1 Å². The van der Waals surface area contributed by atoms with Gasteiger partial charge in [-0.2, -0.15) is 0 Å². The first kappa shape index (κ1) is 22.6. The number of nitrogens with zero attached hydrogens (tertiary/aromatic N) is 2. The van der Waals surface area contributed by atoms with E-state index < -0.39 is 10.2 Å². The summed E-state index contributed by atoms with van der Waals surface area (Å²) in [4.78, 5) is 16.5. The van der Waals surface area contributed by atoms with E-state index in [0.717, 1.165) is 0 Å². The Balaban J connectivity index is -0.0000000450. The van der Waals surface area contributed by atoms with E-state index in [-0.39, 0.29) is 16.8 Å². The zero-order chi connectivity index (χ0) is 10.6. The van der Waals surface area contributed by atoms with Gasteiger partial charge in [0.05, 0.1) is 10.2 Å². The Morgan fingerprint density at radius 2 is 0.923 bits per heavy atom. The van der Waals surface area contributed by atoms with Crippen LogP contribution in [-0.2, 0) is 16.8 Å². The molecule has 0 aliphatic rings. The standard InChI is InChI=1S/C2H8N2.Co.2NO3/c3-1-2-4;;2*2-1(3)4/h1-4H2;;;/q;+2;2*-1. The third-order valence-electron chi connectivity index (χ3n) is 0.167. The number of rotatable bonds is 1. The summed E-state index contributed by atoms with van der Waals surface area (Å²) >= 11 is 0. The van der Waals surface area contributed by atoms with Crippen LogP contribution in [0.1, 0.15) is 0 Å². The van der Waals surface area contributed by atoms with E-state index in [2.05, 4.69) is 0 Å². The van der Waals surface area contributed by atoms with Crippen molar-refractivity contribution in [3.05, 3.63) is 30.6 Å². The summed E-state index contributed by atoms with van der Waals surface area (Å²) in [5, 5.41) is 29.5. The van der Waals surface area contributed by atoms with E-state index in [1.165, 1.54) is 0 Å². The van der Waals surface area contributed by atoms with Gasteiger partial charge in [-0.15, -0.1) is 0 Å². The maximum atomic E-state index is 8.25. The van der Waals surface area contributed by atoms with Crippen LogP contribution in [0.5, 0.6) is 0 Å². The van der Waals surface area contributed by atoms with Gasteiger partial charge >= 0.3 is 16.8 Å². The predicted octanol–water partition coefficient (Wildman–Crippen LogP) is -1.58. The van der Waals surface area contributed by atoms with E-state index in [4.69, 9.17) is 42.1 Å². The topological polar surface area (TPSA) is 184 Å². The second kappa shape index (κ2) is 22.4. The molecule has 0 heterocycles. The van der Waals surface area contributed by atoms with Gasteiger partial charge in [-0.25, -0.2) is 0 Å². The molecule has 13 heavy (non-hydrogen) atoms. The van der Waals surface area contributed by atoms with Crippen LogP contribution in [0.3, 0.4) is 0 Å². The maximum absolute atomic E-state index is 8.25. The fourth-order valence-corrected chi connectivity index (χ4v) is 0. The molecule has 0 saturated heterocycles. The summed E-state index contributed by atoms with van der Waals surface area (Å²) in [5.41, 5.74) is 9.81. The average molecular weight is 243 g/mol. The summed E-state index contributed by atoms with van der Waals surface area (Å²) < 4.78 is 0. The summed E-state index contributed by atoms with van der Waals surface area (Å²) in [5.74, 6) is 0. The summed E-state index contributed by atoms with van der Waals surface area (Å²) in [6, 6.07) is 0. The fraction of sp³-hybridized carbons (Fsp3) is 1.00. The molecule has 0 spiro atoms. The molecule has 0 saturated carbocycles. The first-order valence-electron chi connectivity index (χ1n) is 2.41. The van der Waals surface area contributed by atoms with E-state index >= 15 is 0 Å². The Kier molecular flexibility index (Phi) is 39.1. The number of hydrogen-bond donors (Lipinski definition) is 2. The molecular formula is C2H8CoN4O6. The van der Waals surface area contributed by atoms with E-state index in [1.54, 1.807) is 0 Å². The Morgan fingerprint density at radius 3 is 0.923 bits per heavy atom. The third-order valence-corrected chi connectivity index (χ3v) is 0.167. The first-order valence-corrected chi connectivity index (χ1v) is 2.41. The third kappa shape index (κ3) is 28000. The Bertz CT molecular complexity index is 99.2. The van der Waals surface area contributed by atoms with E-state index in [0.29, 0.717) is 13.1 Å². The molecule has 4 N–H and O–H groups in total. The molecule has 0 aromatic carbocycles. The molecule has 81 valence electrons. The van der Waals surface area contributed by atoms with Crippen molar-refractivity contribution in [3.63, 3.8) is 0 Å². The summed E-state index contributed by atoms with van der Waals surface area (Å²) in [7, 11) is 0. The van der Waals surface area contributed by atoms with Gasteiger partial charge in [-0.1, -0.05) is 0 Å². The smallest absolute Gasteiger partial charge is 0.356 e. The largest absolute Gasteiger partial charge is 2.00 e. The SMILES string of the molecule is NCCN.O=[N+]([O-])[O-].O=[N+]([O-])[O-].[Co+2]. The van der Waals surface area contributed by atoms with Gasteiger partial charge in [0.15, 0.2) is 0 Å². The van der Waals surface area contributed by atoms with Crippen molar-refractivity contribution < 1.29 is 27.0 Å². The van der Waals surface area contributed by atoms with Crippen molar-refractivity contribution in [1.82, 2.24) is 0 Å². The minimum absolute atomic E-state index is 0. The molecule has 0 bridgehead atoms. The summed E-state index contributed by atoms with van der Waals surface area (Å²) in [6.07, 6.45) is 0. The molecule has 1 radical (unpaired) electrons. The van der Waals surface area contributed by atoms with Gasteiger partial charge in [-0.05, 0) is 0 Å². The van der Waals surface area contributed by atoms with Crippen molar-refractivity contribution in [1.29, 1.82) is 0 Å². The monoisotopic (exact) mass is 243 g/mol. The van der Waals surface area contributed by atoms with Crippen LogP contribution < -0.4 is 11.5 Å². The van der Waals surface area contributed by atoms with Gasteiger partial charge in [-0.3, -0.25) is 0 Å². The molecular weight excluding hydrogens is 235 g/mol. The maximum Gasteiger partial charge on any atom is 2.00 e. The zero-order valence-corrected chi connectivity index (χ0v) is 7.29. The van der Waals surface area contributed by atoms with Gasteiger partial charge in [0.2, 0.25) is 0 Å².